The van der Waals surface area contributed by atoms with Crippen LogP contribution in [0, 0.1) is 0 Å². The summed E-state index contributed by atoms with van der Waals surface area (Å²) in [6.45, 7) is 4.04. The average molecular weight is 358 g/mol. The first-order valence-electron chi connectivity index (χ1n) is 6.23. The molecule has 0 aliphatic heterocycles. The Morgan fingerprint density at radius 1 is 0.737 bits per heavy atom. The molecular weight excluding hydrogens is 342 g/mol. The molecule has 19 heavy (non-hydrogen) atoms. The van der Waals surface area contributed by atoms with E-state index in [2.05, 4.69) is 36.4 Å². The summed E-state index contributed by atoms with van der Waals surface area (Å²) in [5.74, 6) is 0. The number of benzene rings is 2. The first-order valence-corrected chi connectivity index (χ1v) is 8.82. The summed E-state index contributed by atoms with van der Waals surface area (Å²) in [7, 11) is 0. The van der Waals surface area contributed by atoms with Crippen LogP contribution in [-0.4, -0.2) is 15.0 Å². The zero-order chi connectivity index (χ0) is 13.8. The second-order valence-electron chi connectivity index (χ2n) is 4.41. The van der Waals surface area contributed by atoms with Crippen molar-refractivity contribution < 1.29 is 0 Å². The molecule has 0 radical (unpaired) electrons. The SMILES string of the molecule is CC(Cl)c1ccccc1[Se]c1ccccc1C(C)Cl. The average Bonchev–Trinajstić information content (AvgIpc) is 2.39. The van der Waals surface area contributed by atoms with Gasteiger partial charge in [-0.1, -0.05) is 0 Å². The van der Waals surface area contributed by atoms with E-state index in [4.69, 9.17) is 23.2 Å². The molecule has 0 N–H and O–H groups in total. The first kappa shape index (κ1) is 14.9. The fourth-order valence-corrected chi connectivity index (χ4v) is 5.23. The van der Waals surface area contributed by atoms with Gasteiger partial charge in [-0.3, -0.25) is 0 Å². The van der Waals surface area contributed by atoms with Crippen LogP contribution in [0.4, 0.5) is 0 Å². The maximum absolute atomic E-state index is 6.26. The third-order valence-electron chi connectivity index (χ3n) is 2.92. The van der Waals surface area contributed by atoms with Gasteiger partial charge in [0, 0.05) is 0 Å². The second-order valence-corrected chi connectivity index (χ2v) is 7.99. The van der Waals surface area contributed by atoms with E-state index in [1.165, 1.54) is 20.1 Å². The molecule has 0 spiro atoms. The van der Waals surface area contributed by atoms with E-state index >= 15 is 0 Å². The Labute approximate surface area is 131 Å². The Kier molecular flexibility index (Phi) is 5.36. The minimum absolute atomic E-state index is 0.0404. The van der Waals surface area contributed by atoms with Crippen molar-refractivity contribution in [2.75, 3.05) is 0 Å². The Morgan fingerprint density at radius 3 is 1.47 bits per heavy atom. The Bertz CT molecular complexity index is 500. The number of hydrogen-bond donors (Lipinski definition) is 0. The molecule has 2 atom stereocenters. The summed E-state index contributed by atoms with van der Waals surface area (Å²) in [5, 5.41) is 0.0809. The van der Waals surface area contributed by atoms with Gasteiger partial charge in [0.1, 0.15) is 0 Å². The van der Waals surface area contributed by atoms with Gasteiger partial charge in [0.25, 0.3) is 0 Å². The van der Waals surface area contributed by atoms with E-state index in [0.717, 1.165) is 0 Å². The van der Waals surface area contributed by atoms with Crippen molar-refractivity contribution >= 4 is 47.1 Å². The van der Waals surface area contributed by atoms with Gasteiger partial charge in [-0.15, -0.1) is 0 Å². The number of hydrogen-bond acceptors (Lipinski definition) is 0. The van der Waals surface area contributed by atoms with Crippen LogP contribution in [-0.2, 0) is 0 Å². The maximum atomic E-state index is 6.26. The molecule has 0 saturated heterocycles. The minimum atomic E-state index is 0.0404. The van der Waals surface area contributed by atoms with E-state index < -0.39 is 0 Å². The van der Waals surface area contributed by atoms with Crippen molar-refractivity contribution in [3.63, 3.8) is 0 Å². The van der Waals surface area contributed by atoms with E-state index in [9.17, 15) is 0 Å². The quantitative estimate of drug-likeness (QED) is 0.574. The molecule has 2 rings (SSSR count). The summed E-state index contributed by atoms with van der Waals surface area (Å²) >= 11 is 12.8. The van der Waals surface area contributed by atoms with E-state index in [0.29, 0.717) is 0 Å². The molecule has 2 aromatic rings. The van der Waals surface area contributed by atoms with Gasteiger partial charge in [-0.05, 0) is 0 Å². The molecule has 100 valence electrons. The van der Waals surface area contributed by atoms with Crippen molar-refractivity contribution in [3.05, 3.63) is 59.7 Å². The third kappa shape index (κ3) is 3.77. The van der Waals surface area contributed by atoms with Crippen LogP contribution in [0.5, 0.6) is 0 Å². The topological polar surface area (TPSA) is 0 Å². The van der Waals surface area contributed by atoms with Gasteiger partial charge in [0.2, 0.25) is 0 Å². The van der Waals surface area contributed by atoms with Crippen molar-refractivity contribution in [1.29, 1.82) is 0 Å². The van der Waals surface area contributed by atoms with Crippen molar-refractivity contribution in [2.24, 2.45) is 0 Å². The van der Waals surface area contributed by atoms with Gasteiger partial charge < -0.3 is 0 Å². The van der Waals surface area contributed by atoms with Gasteiger partial charge in [0.15, 0.2) is 0 Å². The Morgan fingerprint density at radius 2 is 1.11 bits per heavy atom. The third-order valence-corrected chi connectivity index (χ3v) is 5.87. The van der Waals surface area contributed by atoms with Crippen molar-refractivity contribution in [1.82, 2.24) is 0 Å². The number of halogens is 2. The van der Waals surface area contributed by atoms with Crippen LogP contribution in [0.3, 0.4) is 0 Å². The Hall–Kier alpha value is -0.461. The van der Waals surface area contributed by atoms with E-state index in [-0.39, 0.29) is 25.7 Å². The van der Waals surface area contributed by atoms with Crippen LogP contribution in [0.2, 0.25) is 0 Å². The fourth-order valence-electron chi connectivity index (χ4n) is 1.92. The van der Waals surface area contributed by atoms with Crippen LogP contribution in [0.1, 0.15) is 35.7 Å². The second kappa shape index (κ2) is 6.81. The summed E-state index contributed by atoms with van der Waals surface area (Å²) in [6.07, 6.45) is 0. The first-order chi connectivity index (χ1) is 9.09. The normalized spacial score (nSPS) is 14.1. The van der Waals surface area contributed by atoms with Crippen LogP contribution in [0.15, 0.2) is 48.5 Å². The summed E-state index contributed by atoms with van der Waals surface area (Å²) in [6, 6.07) is 16.8. The summed E-state index contributed by atoms with van der Waals surface area (Å²) in [4.78, 5) is 0. The summed E-state index contributed by atoms with van der Waals surface area (Å²) < 4.78 is 2.67. The monoisotopic (exact) mass is 358 g/mol. The molecule has 0 nitrogen and oxygen atoms in total. The predicted molar refractivity (Wildman–Crippen MR) is 86.4 cm³/mol. The molecule has 0 heterocycles. The molecule has 0 fully saturated rings. The van der Waals surface area contributed by atoms with Crippen molar-refractivity contribution in [2.45, 2.75) is 24.6 Å². The van der Waals surface area contributed by atoms with Gasteiger partial charge in [0.05, 0.1) is 0 Å². The number of alkyl halides is 2. The van der Waals surface area contributed by atoms with E-state index in [1.54, 1.807) is 0 Å². The molecule has 0 amide bonds. The molecule has 3 heteroatoms. The molecule has 2 aromatic carbocycles. The van der Waals surface area contributed by atoms with Crippen LogP contribution in [0.25, 0.3) is 0 Å². The molecular formula is C16H16Cl2Se. The molecule has 2 unspecified atom stereocenters. The number of rotatable bonds is 4. The molecule has 0 aliphatic carbocycles. The fraction of sp³-hybridized carbons (Fsp3) is 0.250. The molecule has 0 saturated carbocycles. The van der Waals surface area contributed by atoms with Gasteiger partial charge >= 0.3 is 131 Å². The Balaban J connectivity index is 2.37. The predicted octanol–water partition coefficient (Wildman–Crippen LogP) is 3.94. The molecule has 0 bridgehead atoms. The van der Waals surface area contributed by atoms with Crippen molar-refractivity contribution in [3.8, 4) is 0 Å². The molecule has 0 aromatic heterocycles. The van der Waals surface area contributed by atoms with Gasteiger partial charge in [-0.2, -0.15) is 0 Å². The standard InChI is InChI=1S/C16H16Cl2Se/c1-11(17)13-7-3-5-9-15(13)19-16-10-6-4-8-14(16)12(2)18/h3-12H,1-2H3. The van der Waals surface area contributed by atoms with E-state index in [1.807, 2.05) is 26.0 Å². The molecule has 0 aliphatic rings. The zero-order valence-electron chi connectivity index (χ0n) is 10.9. The van der Waals surface area contributed by atoms with Gasteiger partial charge in [-0.25, -0.2) is 0 Å². The van der Waals surface area contributed by atoms with Crippen LogP contribution >= 0.6 is 23.2 Å². The zero-order valence-corrected chi connectivity index (χ0v) is 14.2. The van der Waals surface area contributed by atoms with Crippen LogP contribution < -0.4 is 8.92 Å². The summed E-state index contributed by atoms with van der Waals surface area (Å²) in [5.41, 5.74) is 2.45.